The van der Waals surface area contributed by atoms with Gasteiger partial charge in [0.15, 0.2) is 0 Å². The summed E-state index contributed by atoms with van der Waals surface area (Å²) in [6, 6.07) is 25.3. The highest BCUT2D eigenvalue weighted by atomic mass is 16.5. The van der Waals surface area contributed by atoms with Crippen LogP contribution in [0.2, 0.25) is 0 Å². The van der Waals surface area contributed by atoms with Crippen molar-refractivity contribution in [2.24, 2.45) is 0 Å². The highest BCUT2D eigenvalue weighted by Gasteiger charge is 2.07. The number of rotatable bonds is 12. The Morgan fingerprint density at radius 3 is 2.53 bits per heavy atom. The smallest absolute Gasteiger partial charge is 0.243 e. The molecule has 0 aliphatic heterocycles. The van der Waals surface area contributed by atoms with Gasteiger partial charge in [-0.05, 0) is 55.2 Å². The van der Waals surface area contributed by atoms with Crippen LogP contribution in [0.25, 0.3) is 0 Å². The Labute approximate surface area is 190 Å². The van der Waals surface area contributed by atoms with Crippen LogP contribution in [0, 0.1) is 0 Å². The Morgan fingerprint density at radius 2 is 1.72 bits per heavy atom. The topological polar surface area (TPSA) is 59.6 Å². The second-order valence-corrected chi connectivity index (χ2v) is 7.61. The molecular weight excluding hydrogens is 400 g/mol. The summed E-state index contributed by atoms with van der Waals surface area (Å²) in [5.74, 6) is 1.28. The van der Waals surface area contributed by atoms with Crippen LogP contribution in [0.5, 0.6) is 11.5 Å². The van der Waals surface area contributed by atoms with Gasteiger partial charge in [-0.3, -0.25) is 4.79 Å². The molecular formula is C27H30N2O3. The molecule has 0 aromatic heterocycles. The molecule has 3 aromatic carbocycles. The van der Waals surface area contributed by atoms with E-state index < -0.39 is 0 Å². The van der Waals surface area contributed by atoms with E-state index in [2.05, 4.69) is 29.3 Å². The van der Waals surface area contributed by atoms with Crippen molar-refractivity contribution >= 4 is 17.3 Å². The zero-order valence-electron chi connectivity index (χ0n) is 18.5. The van der Waals surface area contributed by atoms with Gasteiger partial charge in [-0.1, -0.05) is 55.1 Å². The summed E-state index contributed by atoms with van der Waals surface area (Å²) in [6.07, 6.45) is 1.90. The van der Waals surface area contributed by atoms with Gasteiger partial charge in [0.2, 0.25) is 5.91 Å². The Kier molecular flexibility index (Phi) is 8.75. The average molecular weight is 431 g/mol. The minimum atomic E-state index is -0.152. The number of aryl methyl sites for hydroxylation is 1. The van der Waals surface area contributed by atoms with Crippen molar-refractivity contribution in [2.45, 2.75) is 19.8 Å². The maximum absolute atomic E-state index is 12.4. The van der Waals surface area contributed by atoms with E-state index >= 15 is 0 Å². The van der Waals surface area contributed by atoms with E-state index in [1.807, 2.05) is 73.7 Å². The molecule has 0 bridgehead atoms. The molecule has 0 saturated carbocycles. The molecule has 5 heteroatoms. The molecule has 166 valence electrons. The van der Waals surface area contributed by atoms with Crippen molar-refractivity contribution in [1.29, 1.82) is 0 Å². The molecule has 0 spiro atoms. The monoisotopic (exact) mass is 430 g/mol. The summed E-state index contributed by atoms with van der Waals surface area (Å²) in [4.78, 5) is 12.4. The maximum Gasteiger partial charge on any atom is 0.243 e. The van der Waals surface area contributed by atoms with Crippen LogP contribution < -0.4 is 20.1 Å². The zero-order valence-corrected chi connectivity index (χ0v) is 18.5. The van der Waals surface area contributed by atoms with E-state index in [1.54, 1.807) is 0 Å². The van der Waals surface area contributed by atoms with Crippen LogP contribution in [0.3, 0.4) is 0 Å². The molecule has 0 saturated heterocycles. The first-order chi connectivity index (χ1) is 15.6. The molecule has 0 atom stereocenters. The molecule has 0 heterocycles. The fourth-order valence-corrected chi connectivity index (χ4v) is 3.09. The summed E-state index contributed by atoms with van der Waals surface area (Å²) < 4.78 is 11.6. The lowest BCUT2D eigenvalue weighted by atomic mass is 10.1. The van der Waals surface area contributed by atoms with Crippen molar-refractivity contribution in [3.05, 3.63) is 96.6 Å². The molecule has 1 amide bonds. The van der Waals surface area contributed by atoms with E-state index in [1.165, 1.54) is 5.56 Å². The lowest BCUT2D eigenvalue weighted by Crippen LogP contribution is -2.22. The molecule has 0 fully saturated rings. The Morgan fingerprint density at radius 1 is 0.938 bits per heavy atom. The normalized spacial score (nSPS) is 10.3. The number of anilines is 2. The summed E-state index contributed by atoms with van der Waals surface area (Å²) in [5.41, 5.74) is 3.69. The van der Waals surface area contributed by atoms with Crippen LogP contribution in [0.15, 0.2) is 91.0 Å². The number of nitrogens with one attached hydrogen (secondary N) is 2. The molecule has 2 N–H and O–H groups in total. The number of ether oxygens (including phenoxy) is 2. The third kappa shape index (κ3) is 7.84. The van der Waals surface area contributed by atoms with Gasteiger partial charge >= 0.3 is 0 Å². The van der Waals surface area contributed by atoms with Crippen LogP contribution in [0.4, 0.5) is 11.4 Å². The number of hydrogen-bond donors (Lipinski definition) is 2. The number of benzene rings is 3. The van der Waals surface area contributed by atoms with Crippen molar-refractivity contribution in [3.8, 4) is 11.5 Å². The van der Waals surface area contributed by atoms with E-state index in [0.29, 0.717) is 24.7 Å². The van der Waals surface area contributed by atoms with Gasteiger partial charge in [0.25, 0.3) is 0 Å². The lowest BCUT2D eigenvalue weighted by Gasteiger charge is -2.13. The highest BCUT2D eigenvalue weighted by molar-refractivity contribution is 5.94. The van der Waals surface area contributed by atoms with Crippen LogP contribution >= 0.6 is 0 Å². The first-order valence-corrected chi connectivity index (χ1v) is 10.8. The van der Waals surface area contributed by atoms with Gasteiger partial charge in [0, 0.05) is 11.8 Å². The van der Waals surface area contributed by atoms with Gasteiger partial charge in [-0.2, -0.15) is 0 Å². The second-order valence-electron chi connectivity index (χ2n) is 7.61. The van der Waals surface area contributed by atoms with Crippen LogP contribution in [-0.2, 0) is 11.2 Å². The van der Waals surface area contributed by atoms with Gasteiger partial charge in [0.1, 0.15) is 18.1 Å². The molecule has 5 nitrogen and oxygen atoms in total. The molecule has 3 aromatic rings. The summed E-state index contributed by atoms with van der Waals surface area (Å²) in [6.45, 7) is 6.93. The Bertz CT molecular complexity index is 1020. The highest BCUT2D eigenvalue weighted by Crippen LogP contribution is 2.24. The summed E-state index contributed by atoms with van der Waals surface area (Å²) in [5, 5.41) is 6.03. The fourth-order valence-electron chi connectivity index (χ4n) is 3.09. The number of amides is 1. The van der Waals surface area contributed by atoms with E-state index in [0.717, 1.165) is 29.9 Å². The van der Waals surface area contributed by atoms with E-state index in [9.17, 15) is 4.79 Å². The average Bonchev–Trinajstić information content (AvgIpc) is 2.80. The lowest BCUT2D eigenvalue weighted by molar-refractivity contribution is -0.114. The second kappa shape index (κ2) is 12.2. The third-order valence-corrected chi connectivity index (χ3v) is 4.64. The first kappa shape index (κ1) is 22.9. The quantitative estimate of drug-likeness (QED) is 0.286. The zero-order chi connectivity index (χ0) is 22.6. The molecule has 0 aliphatic carbocycles. The molecule has 3 rings (SSSR count). The van der Waals surface area contributed by atoms with Crippen LogP contribution in [0.1, 0.15) is 18.9 Å². The Balaban J connectivity index is 1.45. The van der Waals surface area contributed by atoms with Gasteiger partial charge in [0.05, 0.1) is 18.8 Å². The van der Waals surface area contributed by atoms with Crippen molar-refractivity contribution < 1.29 is 14.3 Å². The molecule has 0 aliphatic rings. The van der Waals surface area contributed by atoms with Crippen molar-refractivity contribution in [3.63, 3.8) is 0 Å². The first-order valence-electron chi connectivity index (χ1n) is 10.8. The van der Waals surface area contributed by atoms with Crippen molar-refractivity contribution in [2.75, 3.05) is 30.4 Å². The number of carbonyl (C=O) groups excluding carboxylic acids is 1. The SMILES string of the molecule is C=C(C)COc1ccccc1NCC(=O)Nc1cccc(OCCCc2ccccc2)c1. The molecule has 0 unspecified atom stereocenters. The Hall–Kier alpha value is -3.73. The molecule has 0 radical (unpaired) electrons. The number of para-hydroxylation sites is 2. The third-order valence-electron chi connectivity index (χ3n) is 4.64. The predicted molar refractivity (Wildman–Crippen MR) is 131 cm³/mol. The van der Waals surface area contributed by atoms with E-state index in [-0.39, 0.29) is 12.5 Å². The fraction of sp³-hybridized carbons (Fsp3) is 0.222. The standard InChI is InChI=1S/C27H30N2O3/c1-21(2)20-32-26-16-7-6-15-25(26)28-19-27(30)29-23-13-8-14-24(18-23)31-17-9-12-22-10-4-3-5-11-22/h3-8,10-11,13-16,18,28H,1,9,12,17,19-20H2,2H3,(H,29,30). The molecule has 32 heavy (non-hydrogen) atoms. The van der Waals surface area contributed by atoms with Gasteiger partial charge in [-0.15, -0.1) is 0 Å². The number of hydrogen-bond acceptors (Lipinski definition) is 4. The number of carbonyl (C=O) groups is 1. The van der Waals surface area contributed by atoms with Gasteiger partial charge in [-0.25, -0.2) is 0 Å². The van der Waals surface area contributed by atoms with Crippen LogP contribution in [-0.4, -0.2) is 25.7 Å². The van der Waals surface area contributed by atoms with E-state index in [4.69, 9.17) is 9.47 Å². The summed E-state index contributed by atoms with van der Waals surface area (Å²) >= 11 is 0. The largest absolute Gasteiger partial charge is 0.494 e. The predicted octanol–water partition coefficient (Wildman–Crippen LogP) is 5.70. The maximum atomic E-state index is 12.4. The van der Waals surface area contributed by atoms with Gasteiger partial charge < -0.3 is 20.1 Å². The van der Waals surface area contributed by atoms with Crippen molar-refractivity contribution in [1.82, 2.24) is 0 Å². The minimum absolute atomic E-state index is 0.121. The minimum Gasteiger partial charge on any atom is -0.494 e. The summed E-state index contributed by atoms with van der Waals surface area (Å²) in [7, 11) is 0.